The van der Waals surface area contributed by atoms with Crippen molar-refractivity contribution in [1.82, 2.24) is 15.0 Å². The summed E-state index contributed by atoms with van der Waals surface area (Å²) >= 11 is 5.94. The molecule has 0 saturated heterocycles. The molecule has 5 rings (SSSR count). The Hall–Kier alpha value is -3.97. The van der Waals surface area contributed by atoms with Crippen LogP contribution in [0.4, 0.5) is 15.9 Å². The van der Waals surface area contributed by atoms with Crippen molar-refractivity contribution >= 4 is 34.1 Å². The van der Waals surface area contributed by atoms with Crippen LogP contribution in [-0.2, 0) is 6.54 Å². The molecule has 2 heterocycles. The molecule has 0 bridgehead atoms. The molecule has 0 aliphatic heterocycles. The summed E-state index contributed by atoms with van der Waals surface area (Å²) in [6.45, 7) is 0.423. The van der Waals surface area contributed by atoms with Crippen LogP contribution in [-0.4, -0.2) is 15.0 Å². The Balaban J connectivity index is 1.37. The van der Waals surface area contributed by atoms with Gasteiger partial charge in [0, 0.05) is 22.3 Å². The highest BCUT2D eigenvalue weighted by Crippen LogP contribution is 2.24. The molecule has 6 nitrogen and oxygen atoms in total. The van der Waals surface area contributed by atoms with Gasteiger partial charge in [0.05, 0.1) is 18.1 Å². The number of rotatable bonds is 5. The Labute approximate surface area is 186 Å². The highest BCUT2D eigenvalue weighted by molar-refractivity contribution is 6.30. The van der Waals surface area contributed by atoms with Crippen molar-refractivity contribution < 1.29 is 8.81 Å². The first kappa shape index (κ1) is 20.0. The number of hydrogen-bond donors (Lipinski definition) is 1. The van der Waals surface area contributed by atoms with Crippen molar-refractivity contribution in [3.63, 3.8) is 0 Å². The second kappa shape index (κ2) is 8.28. The minimum atomic E-state index is -0.305. The Kier molecular flexibility index (Phi) is 5.17. The SMILES string of the molecule is O=c1cc(-c2ccc(Cl)cc2)oc2ccc(Cn3cc(Nc4ccc(F)cc4)nn3)cc12. The third kappa shape index (κ3) is 4.24. The Morgan fingerprint density at radius 3 is 2.56 bits per heavy atom. The fraction of sp³-hybridized carbons (Fsp3) is 0.0417. The second-order valence-electron chi connectivity index (χ2n) is 7.25. The van der Waals surface area contributed by atoms with Crippen LogP contribution < -0.4 is 10.7 Å². The summed E-state index contributed by atoms with van der Waals surface area (Å²) in [6, 6.07) is 20.0. The van der Waals surface area contributed by atoms with Gasteiger partial charge in [0.25, 0.3) is 0 Å². The number of nitrogens with zero attached hydrogens (tertiary/aromatic N) is 3. The molecule has 32 heavy (non-hydrogen) atoms. The number of benzene rings is 3. The van der Waals surface area contributed by atoms with E-state index in [4.69, 9.17) is 16.0 Å². The molecule has 0 radical (unpaired) electrons. The standard InChI is InChI=1S/C24H16ClFN4O2/c25-17-4-2-16(3-5-17)23-12-21(31)20-11-15(1-10-22(20)32-23)13-30-14-24(28-29-30)27-19-8-6-18(26)7-9-19/h1-12,14,27H,13H2. The van der Waals surface area contributed by atoms with Crippen molar-refractivity contribution in [3.8, 4) is 11.3 Å². The fourth-order valence-electron chi connectivity index (χ4n) is 3.36. The summed E-state index contributed by atoms with van der Waals surface area (Å²) in [6.07, 6.45) is 1.74. The monoisotopic (exact) mass is 446 g/mol. The molecule has 0 unspecified atom stereocenters. The first-order valence-corrected chi connectivity index (χ1v) is 10.2. The molecule has 0 fully saturated rings. The lowest BCUT2D eigenvalue weighted by Gasteiger charge is -2.06. The van der Waals surface area contributed by atoms with E-state index in [2.05, 4.69) is 15.6 Å². The maximum absolute atomic E-state index is 13.0. The summed E-state index contributed by atoms with van der Waals surface area (Å²) in [5.41, 5.74) is 2.74. The average molecular weight is 447 g/mol. The van der Waals surface area contributed by atoms with Gasteiger partial charge < -0.3 is 9.73 Å². The van der Waals surface area contributed by atoms with Gasteiger partial charge >= 0.3 is 0 Å². The number of fused-ring (bicyclic) bond motifs is 1. The lowest BCUT2D eigenvalue weighted by Crippen LogP contribution is -2.04. The van der Waals surface area contributed by atoms with Crippen molar-refractivity contribution in [3.05, 3.63) is 106 Å². The average Bonchev–Trinajstić information content (AvgIpc) is 3.23. The minimum absolute atomic E-state index is 0.129. The number of hydrogen-bond acceptors (Lipinski definition) is 5. The van der Waals surface area contributed by atoms with E-state index >= 15 is 0 Å². The second-order valence-corrected chi connectivity index (χ2v) is 7.68. The summed E-state index contributed by atoms with van der Waals surface area (Å²) in [4.78, 5) is 12.7. The predicted octanol–water partition coefficient (Wildman–Crippen LogP) is 5.64. The van der Waals surface area contributed by atoms with Crippen molar-refractivity contribution in [2.45, 2.75) is 6.54 Å². The van der Waals surface area contributed by atoms with Gasteiger partial charge in [0.1, 0.15) is 17.2 Å². The van der Waals surface area contributed by atoms with E-state index in [0.717, 1.165) is 11.1 Å². The van der Waals surface area contributed by atoms with E-state index in [-0.39, 0.29) is 11.2 Å². The Bertz CT molecular complexity index is 1460. The van der Waals surface area contributed by atoms with Crippen LogP contribution in [0.2, 0.25) is 5.02 Å². The number of halogens is 2. The summed E-state index contributed by atoms with van der Waals surface area (Å²) in [5.74, 6) is 0.712. The Morgan fingerprint density at radius 1 is 1.00 bits per heavy atom. The van der Waals surface area contributed by atoms with Crippen LogP contribution >= 0.6 is 11.6 Å². The summed E-state index contributed by atoms with van der Waals surface area (Å²) in [5, 5.41) is 12.4. The molecule has 8 heteroatoms. The quantitative estimate of drug-likeness (QED) is 0.378. The van der Waals surface area contributed by atoms with Gasteiger partial charge in [0.15, 0.2) is 11.2 Å². The smallest absolute Gasteiger partial charge is 0.193 e. The number of nitrogens with one attached hydrogen (secondary N) is 1. The molecule has 5 aromatic rings. The van der Waals surface area contributed by atoms with E-state index in [1.54, 1.807) is 47.3 Å². The minimum Gasteiger partial charge on any atom is -0.456 e. The maximum atomic E-state index is 13.0. The molecule has 3 aromatic carbocycles. The van der Waals surface area contributed by atoms with Crippen LogP contribution in [0.5, 0.6) is 0 Å². The zero-order chi connectivity index (χ0) is 22.1. The normalized spacial score (nSPS) is 11.1. The van der Waals surface area contributed by atoms with Crippen molar-refractivity contribution in [2.75, 3.05) is 5.32 Å². The zero-order valence-electron chi connectivity index (χ0n) is 16.6. The molecule has 1 N–H and O–H groups in total. The van der Waals surface area contributed by atoms with Crippen molar-refractivity contribution in [2.24, 2.45) is 0 Å². The Morgan fingerprint density at radius 2 is 1.78 bits per heavy atom. The third-order valence-electron chi connectivity index (χ3n) is 4.92. The van der Waals surface area contributed by atoms with E-state index in [1.165, 1.54) is 18.2 Å². The van der Waals surface area contributed by atoms with Gasteiger partial charge in [-0.2, -0.15) is 0 Å². The third-order valence-corrected chi connectivity index (χ3v) is 5.17. The zero-order valence-corrected chi connectivity index (χ0v) is 17.4. The van der Waals surface area contributed by atoms with Gasteiger partial charge in [-0.1, -0.05) is 22.9 Å². The van der Waals surface area contributed by atoms with Crippen LogP contribution in [0.25, 0.3) is 22.3 Å². The summed E-state index contributed by atoms with van der Waals surface area (Å²) < 4.78 is 20.6. The predicted molar refractivity (Wildman–Crippen MR) is 122 cm³/mol. The maximum Gasteiger partial charge on any atom is 0.193 e. The van der Waals surface area contributed by atoms with E-state index in [9.17, 15) is 9.18 Å². The number of aromatic nitrogens is 3. The van der Waals surface area contributed by atoms with E-state index in [0.29, 0.717) is 39.8 Å². The first-order valence-electron chi connectivity index (χ1n) is 9.79. The van der Waals surface area contributed by atoms with Gasteiger partial charge in [-0.3, -0.25) is 4.79 Å². The van der Waals surface area contributed by atoms with Gasteiger partial charge in [0.2, 0.25) is 0 Å². The van der Waals surface area contributed by atoms with Crippen molar-refractivity contribution in [1.29, 1.82) is 0 Å². The molecular weight excluding hydrogens is 431 g/mol. The molecular formula is C24H16ClFN4O2. The highest BCUT2D eigenvalue weighted by atomic mass is 35.5. The van der Waals surface area contributed by atoms with Gasteiger partial charge in [-0.15, -0.1) is 5.10 Å². The molecule has 0 aliphatic rings. The molecule has 158 valence electrons. The van der Waals surface area contributed by atoms with Crippen LogP contribution in [0.3, 0.4) is 0 Å². The number of anilines is 2. The molecule has 0 saturated carbocycles. The lowest BCUT2D eigenvalue weighted by molar-refractivity contribution is 0.617. The van der Waals surface area contributed by atoms with Gasteiger partial charge in [-0.05, 0) is 66.2 Å². The van der Waals surface area contributed by atoms with E-state index in [1.807, 2.05) is 18.2 Å². The lowest BCUT2D eigenvalue weighted by atomic mass is 10.1. The largest absolute Gasteiger partial charge is 0.456 e. The topological polar surface area (TPSA) is 73.0 Å². The highest BCUT2D eigenvalue weighted by Gasteiger charge is 2.09. The summed E-state index contributed by atoms with van der Waals surface area (Å²) in [7, 11) is 0. The molecule has 0 atom stereocenters. The van der Waals surface area contributed by atoms with Crippen LogP contribution in [0.15, 0.2) is 88.2 Å². The first-order chi connectivity index (χ1) is 15.5. The van der Waals surface area contributed by atoms with Crippen LogP contribution in [0, 0.1) is 5.82 Å². The molecule has 0 spiro atoms. The fourth-order valence-corrected chi connectivity index (χ4v) is 3.49. The van der Waals surface area contributed by atoms with E-state index < -0.39 is 0 Å². The molecule has 0 aliphatic carbocycles. The molecule has 0 amide bonds. The van der Waals surface area contributed by atoms with Gasteiger partial charge in [-0.25, -0.2) is 9.07 Å². The van der Waals surface area contributed by atoms with Crippen LogP contribution in [0.1, 0.15) is 5.56 Å². The molecule has 2 aromatic heterocycles.